The standard InChI is InChI=1S/C22H17ClN6O3S/c23-19-9-8-16(22(30)25-17-5-3-6-18(13-17)28-14-24-26-27-28)12-21(19)33(31,32)29-11-10-15-4-1-2-7-20(15)29/h1-9,12-14H,10-11H2,(H,25,30). The molecule has 0 aliphatic carbocycles. The van der Waals surface area contributed by atoms with Crippen molar-refractivity contribution in [1.82, 2.24) is 20.2 Å². The SMILES string of the molecule is O=C(Nc1cccc(-n2cnnn2)c1)c1ccc(Cl)c(S(=O)(=O)N2CCc3ccccc32)c1. The van der Waals surface area contributed by atoms with E-state index in [0.717, 1.165) is 5.56 Å². The number of para-hydroxylation sites is 1. The predicted octanol–water partition coefficient (Wildman–Crippen LogP) is 3.32. The number of rotatable bonds is 5. The summed E-state index contributed by atoms with van der Waals surface area (Å²) in [6.45, 7) is 0.318. The van der Waals surface area contributed by atoms with Crippen molar-refractivity contribution >= 4 is 38.9 Å². The summed E-state index contributed by atoms with van der Waals surface area (Å²) in [7, 11) is -3.95. The van der Waals surface area contributed by atoms with E-state index in [-0.39, 0.29) is 15.5 Å². The largest absolute Gasteiger partial charge is 0.322 e. The van der Waals surface area contributed by atoms with Gasteiger partial charge in [0.2, 0.25) is 0 Å². The Kier molecular flexibility index (Phi) is 5.31. The third-order valence-corrected chi connectivity index (χ3v) is 7.62. The molecule has 0 spiro atoms. The zero-order valence-electron chi connectivity index (χ0n) is 17.1. The maximum Gasteiger partial charge on any atom is 0.265 e. The van der Waals surface area contributed by atoms with Crippen molar-refractivity contribution in [1.29, 1.82) is 0 Å². The van der Waals surface area contributed by atoms with E-state index in [1.165, 1.54) is 33.5 Å². The first-order chi connectivity index (χ1) is 15.9. The molecule has 1 aliphatic heterocycles. The topological polar surface area (TPSA) is 110 Å². The monoisotopic (exact) mass is 480 g/mol. The van der Waals surface area contributed by atoms with E-state index in [1.807, 2.05) is 12.1 Å². The molecule has 5 rings (SSSR count). The summed E-state index contributed by atoms with van der Waals surface area (Å²) >= 11 is 6.27. The van der Waals surface area contributed by atoms with Gasteiger partial charge >= 0.3 is 0 Å². The summed E-state index contributed by atoms with van der Waals surface area (Å²) < 4.78 is 29.6. The smallest absolute Gasteiger partial charge is 0.265 e. The zero-order valence-corrected chi connectivity index (χ0v) is 18.7. The van der Waals surface area contributed by atoms with E-state index >= 15 is 0 Å². The van der Waals surface area contributed by atoms with Gasteiger partial charge in [-0.05, 0) is 64.9 Å². The number of carbonyl (C=O) groups excluding carboxylic acids is 1. The number of hydrogen-bond donors (Lipinski definition) is 1. The van der Waals surface area contributed by atoms with Crippen molar-refractivity contribution in [3.05, 3.63) is 89.2 Å². The summed E-state index contributed by atoms with van der Waals surface area (Å²) in [6, 6.07) is 18.5. The number of aromatic nitrogens is 4. The lowest BCUT2D eigenvalue weighted by Gasteiger charge is -2.20. The Morgan fingerprint density at radius 2 is 1.88 bits per heavy atom. The van der Waals surface area contributed by atoms with Gasteiger partial charge in [0.25, 0.3) is 15.9 Å². The van der Waals surface area contributed by atoms with E-state index in [1.54, 1.807) is 36.4 Å². The summed E-state index contributed by atoms with van der Waals surface area (Å²) in [5, 5.41) is 13.8. The van der Waals surface area contributed by atoms with E-state index in [9.17, 15) is 13.2 Å². The molecule has 1 aliphatic rings. The van der Waals surface area contributed by atoms with Gasteiger partial charge < -0.3 is 5.32 Å². The molecule has 0 saturated carbocycles. The third kappa shape index (κ3) is 3.94. The first kappa shape index (κ1) is 21.1. The van der Waals surface area contributed by atoms with Gasteiger partial charge in [-0.25, -0.2) is 13.1 Å². The molecule has 11 heteroatoms. The second-order valence-electron chi connectivity index (χ2n) is 7.36. The van der Waals surface area contributed by atoms with E-state index < -0.39 is 15.9 Å². The van der Waals surface area contributed by atoms with Gasteiger partial charge in [0.15, 0.2) is 0 Å². The van der Waals surface area contributed by atoms with Gasteiger partial charge in [0.05, 0.1) is 16.4 Å². The van der Waals surface area contributed by atoms with Crippen molar-refractivity contribution < 1.29 is 13.2 Å². The zero-order chi connectivity index (χ0) is 23.0. The fourth-order valence-electron chi connectivity index (χ4n) is 3.73. The average molecular weight is 481 g/mol. The number of sulfonamides is 1. The molecule has 1 amide bonds. The van der Waals surface area contributed by atoms with Crippen LogP contribution in [0.2, 0.25) is 5.02 Å². The van der Waals surface area contributed by atoms with Crippen molar-refractivity contribution in [2.75, 3.05) is 16.2 Å². The number of halogens is 1. The fourth-order valence-corrected chi connectivity index (χ4v) is 5.73. The quantitative estimate of drug-likeness (QED) is 0.469. The number of tetrazole rings is 1. The third-order valence-electron chi connectivity index (χ3n) is 5.32. The number of benzene rings is 3. The van der Waals surface area contributed by atoms with Crippen LogP contribution in [0.15, 0.2) is 78.0 Å². The fraction of sp³-hybridized carbons (Fsp3) is 0.0909. The van der Waals surface area contributed by atoms with Gasteiger partial charge in [0.1, 0.15) is 11.2 Å². The van der Waals surface area contributed by atoms with Gasteiger partial charge in [-0.1, -0.05) is 35.9 Å². The minimum absolute atomic E-state index is 0.0524. The summed E-state index contributed by atoms with van der Waals surface area (Å²) in [4.78, 5) is 12.8. The lowest BCUT2D eigenvalue weighted by atomic mass is 10.2. The van der Waals surface area contributed by atoms with Crippen LogP contribution in [-0.2, 0) is 16.4 Å². The molecule has 1 aromatic heterocycles. The van der Waals surface area contributed by atoms with E-state index in [0.29, 0.717) is 30.0 Å². The number of carbonyl (C=O) groups is 1. The number of nitrogens with zero attached hydrogens (tertiary/aromatic N) is 5. The van der Waals surface area contributed by atoms with Crippen molar-refractivity contribution in [2.45, 2.75) is 11.3 Å². The van der Waals surface area contributed by atoms with Crippen LogP contribution in [0.25, 0.3) is 5.69 Å². The Hall–Kier alpha value is -3.76. The molecule has 0 atom stereocenters. The highest BCUT2D eigenvalue weighted by atomic mass is 35.5. The van der Waals surface area contributed by atoms with Crippen molar-refractivity contribution in [3.8, 4) is 5.69 Å². The molecule has 1 N–H and O–H groups in total. The molecular weight excluding hydrogens is 464 g/mol. The molecule has 0 bridgehead atoms. The van der Waals surface area contributed by atoms with Crippen LogP contribution in [0.4, 0.5) is 11.4 Å². The van der Waals surface area contributed by atoms with Crippen LogP contribution in [0.1, 0.15) is 15.9 Å². The second-order valence-corrected chi connectivity index (χ2v) is 9.60. The second kappa shape index (κ2) is 8.30. The summed E-state index contributed by atoms with van der Waals surface area (Å²) in [5.41, 5.74) is 2.90. The minimum atomic E-state index is -3.95. The van der Waals surface area contributed by atoms with Crippen LogP contribution in [0, 0.1) is 0 Å². The number of amides is 1. The molecule has 9 nitrogen and oxygen atoms in total. The van der Waals surface area contributed by atoms with Gasteiger partial charge in [-0.15, -0.1) is 5.10 Å². The molecule has 4 aromatic rings. The van der Waals surface area contributed by atoms with E-state index in [2.05, 4.69) is 20.8 Å². The van der Waals surface area contributed by atoms with Crippen molar-refractivity contribution in [2.24, 2.45) is 0 Å². The van der Waals surface area contributed by atoms with Crippen molar-refractivity contribution in [3.63, 3.8) is 0 Å². The molecule has 2 heterocycles. The normalized spacial score (nSPS) is 13.1. The number of hydrogen-bond acceptors (Lipinski definition) is 6. The van der Waals surface area contributed by atoms with Gasteiger partial charge in [-0.2, -0.15) is 0 Å². The Balaban J connectivity index is 1.43. The Labute approximate surface area is 194 Å². The summed E-state index contributed by atoms with van der Waals surface area (Å²) in [6.07, 6.45) is 2.05. The molecule has 0 radical (unpaired) electrons. The first-order valence-corrected chi connectivity index (χ1v) is 11.8. The highest BCUT2D eigenvalue weighted by Gasteiger charge is 2.32. The molecule has 0 fully saturated rings. The lowest BCUT2D eigenvalue weighted by Crippen LogP contribution is -2.29. The highest BCUT2D eigenvalue weighted by Crippen LogP contribution is 2.35. The maximum absolute atomic E-state index is 13.4. The van der Waals surface area contributed by atoms with Crippen LogP contribution < -0.4 is 9.62 Å². The van der Waals surface area contributed by atoms with Crippen LogP contribution in [0.3, 0.4) is 0 Å². The summed E-state index contributed by atoms with van der Waals surface area (Å²) in [5.74, 6) is -0.473. The van der Waals surface area contributed by atoms with Gasteiger partial charge in [0, 0.05) is 17.8 Å². The molecular formula is C22H17ClN6O3S. The molecule has 33 heavy (non-hydrogen) atoms. The van der Waals surface area contributed by atoms with Gasteiger partial charge in [-0.3, -0.25) is 9.10 Å². The number of anilines is 2. The maximum atomic E-state index is 13.4. The highest BCUT2D eigenvalue weighted by molar-refractivity contribution is 7.93. The Bertz CT molecular complexity index is 1460. The van der Waals surface area contributed by atoms with Crippen LogP contribution in [-0.4, -0.2) is 41.1 Å². The van der Waals surface area contributed by atoms with E-state index in [4.69, 9.17) is 11.6 Å². The molecule has 166 valence electrons. The number of nitrogens with one attached hydrogen (secondary N) is 1. The minimum Gasteiger partial charge on any atom is -0.322 e. The molecule has 0 unspecified atom stereocenters. The molecule has 3 aromatic carbocycles. The Morgan fingerprint density at radius 1 is 1.03 bits per heavy atom. The lowest BCUT2D eigenvalue weighted by molar-refractivity contribution is 0.102. The van der Waals surface area contributed by atoms with Crippen LogP contribution in [0.5, 0.6) is 0 Å². The Morgan fingerprint density at radius 3 is 2.70 bits per heavy atom. The molecule has 0 saturated heterocycles. The average Bonchev–Trinajstić information content (AvgIpc) is 3.50. The van der Waals surface area contributed by atoms with Crippen LogP contribution >= 0.6 is 11.6 Å². The number of fused-ring (bicyclic) bond motifs is 1. The predicted molar refractivity (Wildman–Crippen MR) is 123 cm³/mol. The first-order valence-electron chi connectivity index (χ1n) is 9.98.